The van der Waals surface area contributed by atoms with Crippen LogP contribution >= 0.6 is 0 Å². The molecule has 2 aliphatic rings. The molecule has 2 fully saturated rings. The lowest BCUT2D eigenvalue weighted by Gasteiger charge is -2.37. The molecular weight excluding hydrogens is 318 g/mol. The first kappa shape index (κ1) is 17.5. The SMILES string of the molecule is CC/C=C/[C@H]1CO[C@H]([C@H]2CO[C@H](c3ccc(F)c(F)c3)OC2)OC1. The predicted molar refractivity (Wildman–Crippen MR) is 83.1 cm³/mol. The van der Waals surface area contributed by atoms with Gasteiger partial charge in [-0.1, -0.05) is 25.1 Å². The van der Waals surface area contributed by atoms with Crippen LogP contribution in [0.25, 0.3) is 0 Å². The van der Waals surface area contributed by atoms with E-state index in [0.29, 0.717) is 32.0 Å². The van der Waals surface area contributed by atoms with E-state index in [1.165, 1.54) is 6.07 Å². The summed E-state index contributed by atoms with van der Waals surface area (Å²) in [6.45, 7) is 4.08. The number of allylic oxidation sites excluding steroid dienone is 1. The summed E-state index contributed by atoms with van der Waals surface area (Å²) in [5.41, 5.74) is 0.461. The Balaban J connectivity index is 1.49. The Morgan fingerprint density at radius 2 is 1.71 bits per heavy atom. The summed E-state index contributed by atoms with van der Waals surface area (Å²) in [5, 5.41) is 0. The van der Waals surface area contributed by atoms with Crippen molar-refractivity contribution in [2.75, 3.05) is 26.4 Å². The van der Waals surface area contributed by atoms with Crippen LogP contribution in [0.5, 0.6) is 0 Å². The largest absolute Gasteiger partial charge is 0.351 e. The normalized spacial score (nSPS) is 31.5. The summed E-state index contributed by atoms with van der Waals surface area (Å²) >= 11 is 0. The van der Waals surface area contributed by atoms with E-state index in [1.54, 1.807) is 0 Å². The second kappa shape index (κ2) is 8.16. The molecule has 0 radical (unpaired) electrons. The third-order valence-electron chi connectivity index (χ3n) is 4.12. The molecule has 4 nitrogen and oxygen atoms in total. The topological polar surface area (TPSA) is 36.9 Å². The number of hydrogen-bond acceptors (Lipinski definition) is 4. The van der Waals surface area contributed by atoms with Gasteiger partial charge in [-0.15, -0.1) is 0 Å². The van der Waals surface area contributed by atoms with Crippen molar-refractivity contribution in [2.45, 2.75) is 25.9 Å². The van der Waals surface area contributed by atoms with Gasteiger partial charge in [-0.2, -0.15) is 0 Å². The molecule has 0 aliphatic carbocycles. The molecule has 0 aromatic heterocycles. The van der Waals surface area contributed by atoms with E-state index in [2.05, 4.69) is 19.1 Å². The summed E-state index contributed by atoms with van der Waals surface area (Å²) in [6, 6.07) is 3.63. The highest BCUT2D eigenvalue weighted by molar-refractivity contribution is 5.19. The smallest absolute Gasteiger partial charge is 0.183 e. The molecule has 0 amide bonds. The lowest BCUT2D eigenvalue weighted by atomic mass is 10.1. The van der Waals surface area contributed by atoms with Crippen LogP contribution in [0.1, 0.15) is 25.2 Å². The highest BCUT2D eigenvalue weighted by Crippen LogP contribution is 2.29. The zero-order chi connectivity index (χ0) is 16.9. The van der Waals surface area contributed by atoms with E-state index >= 15 is 0 Å². The Labute approximate surface area is 140 Å². The maximum absolute atomic E-state index is 13.3. The summed E-state index contributed by atoms with van der Waals surface area (Å²) in [5.74, 6) is -1.56. The second-order valence-corrected chi connectivity index (χ2v) is 6.06. The summed E-state index contributed by atoms with van der Waals surface area (Å²) in [6.07, 6.45) is 4.16. The number of rotatable bonds is 4. The fourth-order valence-corrected chi connectivity index (χ4v) is 2.77. The Bertz CT molecular complexity index is 562. The third kappa shape index (κ3) is 4.19. The summed E-state index contributed by atoms with van der Waals surface area (Å²) < 4.78 is 49.1. The van der Waals surface area contributed by atoms with Crippen molar-refractivity contribution >= 4 is 0 Å². The Kier molecular flexibility index (Phi) is 5.94. The first-order chi connectivity index (χ1) is 11.7. The molecule has 24 heavy (non-hydrogen) atoms. The fourth-order valence-electron chi connectivity index (χ4n) is 2.77. The standard InChI is InChI=1S/C18H22F2O4/c1-2-3-4-12-8-21-18(22-9-12)14-10-23-17(24-11-14)13-5-6-15(19)16(20)7-13/h3-7,12,14,17-18H,2,8-11H2,1H3/b4-3+/t12-,14-,17-,18-. The van der Waals surface area contributed by atoms with Gasteiger partial charge in [0.25, 0.3) is 0 Å². The predicted octanol–water partition coefficient (Wildman–Crippen LogP) is 3.58. The van der Waals surface area contributed by atoms with Crippen molar-refractivity contribution in [1.29, 1.82) is 0 Å². The van der Waals surface area contributed by atoms with Crippen LogP contribution in [0.15, 0.2) is 30.4 Å². The van der Waals surface area contributed by atoms with Crippen LogP contribution in [0.4, 0.5) is 8.78 Å². The quantitative estimate of drug-likeness (QED) is 0.785. The van der Waals surface area contributed by atoms with Gasteiger partial charge in [-0.05, 0) is 18.6 Å². The minimum absolute atomic E-state index is 0.0392. The Morgan fingerprint density at radius 1 is 1.00 bits per heavy atom. The molecule has 132 valence electrons. The van der Waals surface area contributed by atoms with Gasteiger partial charge in [0, 0.05) is 11.5 Å². The highest BCUT2D eigenvalue weighted by Gasteiger charge is 2.33. The molecule has 2 aliphatic heterocycles. The van der Waals surface area contributed by atoms with Crippen molar-refractivity contribution in [3.05, 3.63) is 47.5 Å². The maximum Gasteiger partial charge on any atom is 0.183 e. The second-order valence-electron chi connectivity index (χ2n) is 6.06. The summed E-state index contributed by atoms with van der Waals surface area (Å²) in [7, 11) is 0. The molecular formula is C18H22F2O4. The highest BCUT2D eigenvalue weighted by atomic mass is 19.2. The van der Waals surface area contributed by atoms with Crippen molar-refractivity contribution in [3.63, 3.8) is 0 Å². The first-order valence-corrected chi connectivity index (χ1v) is 8.25. The number of hydrogen-bond donors (Lipinski definition) is 0. The number of ether oxygens (including phenoxy) is 4. The zero-order valence-corrected chi connectivity index (χ0v) is 13.6. The van der Waals surface area contributed by atoms with Gasteiger partial charge in [0.2, 0.25) is 0 Å². The van der Waals surface area contributed by atoms with E-state index in [-0.39, 0.29) is 18.1 Å². The molecule has 2 heterocycles. The molecule has 0 N–H and O–H groups in total. The average Bonchev–Trinajstić information content (AvgIpc) is 2.63. The molecule has 0 bridgehead atoms. The third-order valence-corrected chi connectivity index (χ3v) is 4.12. The Hall–Kier alpha value is -1.34. The molecule has 6 heteroatoms. The van der Waals surface area contributed by atoms with Crippen molar-refractivity contribution < 1.29 is 27.7 Å². The lowest BCUT2D eigenvalue weighted by molar-refractivity contribution is -0.280. The van der Waals surface area contributed by atoms with E-state index in [1.807, 2.05) is 0 Å². The molecule has 0 spiro atoms. The van der Waals surface area contributed by atoms with E-state index in [0.717, 1.165) is 18.6 Å². The number of halogens is 2. The van der Waals surface area contributed by atoms with E-state index in [4.69, 9.17) is 18.9 Å². The van der Waals surface area contributed by atoms with Crippen molar-refractivity contribution in [3.8, 4) is 0 Å². The van der Waals surface area contributed by atoms with Gasteiger partial charge >= 0.3 is 0 Å². The molecule has 0 saturated carbocycles. The number of benzene rings is 1. The van der Waals surface area contributed by atoms with Crippen LogP contribution in [0, 0.1) is 23.5 Å². The van der Waals surface area contributed by atoms with Gasteiger partial charge in [0.15, 0.2) is 24.2 Å². The molecule has 0 unspecified atom stereocenters. The van der Waals surface area contributed by atoms with E-state index < -0.39 is 17.9 Å². The molecule has 3 rings (SSSR count). The van der Waals surface area contributed by atoms with Gasteiger partial charge in [0.05, 0.1) is 32.3 Å². The molecule has 2 saturated heterocycles. The van der Waals surface area contributed by atoms with Gasteiger partial charge in [-0.25, -0.2) is 8.78 Å². The van der Waals surface area contributed by atoms with Gasteiger partial charge in [0.1, 0.15) is 0 Å². The summed E-state index contributed by atoms with van der Waals surface area (Å²) in [4.78, 5) is 0. The zero-order valence-electron chi connectivity index (χ0n) is 13.6. The van der Waals surface area contributed by atoms with Crippen LogP contribution < -0.4 is 0 Å². The first-order valence-electron chi connectivity index (χ1n) is 8.25. The molecule has 1 aromatic carbocycles. The minimum atomic E-state index is -0.910. The Morgan fingerprint density at radius 3 is 2.33 bits per heavy atom. The molecule has 0 atom stereocenters. The maximum atomic E-state index is 13.3. The fraction of sp³-hybridized carbons (Fsp3) is 0.556. The van der Waals surface area contributed by atoms with Crippen LogP contribution in [0.3, 0.4) is 0 Å². The monoisotopic (exact) mass is 340 g/mol. The van der Waals surface area contributed by atoms with Gasteiger partial charge < -0.3 is 18.9 Å². The van der Waals surface area contributed by atoms with Gasteiger partial charge in [-0.3, -0.25) is 0 Å². The molecule has 1 aromatic rings. The average molecular weight is 340 g/mol. The van der Waals surface area contributed by atoms with Crippen LogP contribution in [-0.2, 0) is 18.9 Å². The van der Waals surface area contributed by atoms with E-state index in [9.17, 15) is 8.78 Å². The van der Waals surface area contributed by atoms with Crippen molar-refractivity contribution in [1.82, 2.24) is 0 Å². The van der Waals surface area contributed by atoms with Crippen LogP contribution in [-0.4, -0.2) is 32.7 Å². The van der Waals surface area contributed by atoms with Crippen LogP contribution in [0.2, 0.25) is 0 Å². The van der Waals surface area contributed by atoms with Crippen molar-refractivity contribution in [2.24, 2.45) is 11.8 Å². The minimum Gasteiger partial charge on any atom is -0.351 e. The lowest BCUT2D eigenvalue weighted by Crippen LogP contribution is -2.42.